The molecule has 0 unspecified atom stereocenters. The monoisotopic (exact) mass is 344 g/mol. The third-order valence-electron chi connectivity index (χ3n) is 2.41. The summed E-state index contributed by atoms with van der Waals surface area (Å²) in [6.45, 7) is 2.12. The number of hydrogen-bond donors (Lipinski definition) is 1. The number of phenolic OH excluding ortho intramolecular Hbond substituents is 1. The largest absolute Gasteiger partial charge is 0.507 e. The smallest absolute Gasteiger partial charge is 0.261 e. The van der Waals surface area contributed by atoms with Gasteiger partial charge in [-0.2, -0.15) is 4.98 Å². The van der Waals surface area contributed by atoms with E-state index in [1.54, 1.807) is 6.07 Å². The van der Waals surface area contributed by atoms with Crippen LogP contribution in [0.15, 0.2) is 22.7 Å². The van der Waals surface area contributed by atoms with E-state index >= 15 is 0 Å². The average Bonchev–Trinajstić information content (AvgIpc) is 2.78. The number of phenols is 1. The summed E-state index contributed by atoms with van der Waals surface area (Å²) in [6.07, 6.45) is 2.94. The Balaban J connectivity index is 2.27. The molecule has 1 N–H and O–H groups in total. The van der Waals surface area contributed by atoms with Gasteiger partial charge in [-0.3, -0.25) is 0 Å². The maximum atomic E-state index is 9.74. The number of rotatable bonds is 4. The molecule has 0 saturated carbocycles. The predicted octanol–water partition coefficient (Wildman–Crippen LogP) is 3.39. The zero-order chi connectivity index (χ0) is 12.3. The molecule has 0 amide bonds. The Bertz CT molecular complexity index is 511. The van der Waals surface area contributed by atoms with Crippen LogP contribution in [-0.2, 0) is 6.42 Å². The number of benzene rings is 1. The maximum Gasteiger partial charge on any atom is 0.261 e. The summed E-state index contributed by atoms with van der Waals surface area (Å²) < 4.78 is 6.18. The molecule has 4 nitrogen and oxygen atoms in total. The van der Waals surface area contributed by atoms with Crippen molar-refractivity contribution in [3.8, 4) is 17.2 Å². The number of aromatic hydroxyl groups is 1. The van der Waals surface area contributed by atoms with Gasteiger partial charge in [0.25, 0.3) is 5.89 Å². The van der Waals surface area contributed by atoms with Crippen molar-refractivity contribution in [2.75, 3.05) is 0 Å². The van der Waals surface area contributed by atoms with Crippen molar-refractivity contribution in [3.05, 3.63) is 27.6 Å². The molecule has 1 aromatic heterocycles. The van der Waals surface area contributed by atoms with Crippen molar-refractivity contribution in [1.29, 1.82) is 0 Å². The van der Waals surface area contributed by atoms with E-state index in [9.17, 15) is 5.11 Å². The highest BCUT2D eigenvalue weighted by molar-refractivity contribution is 14.1. The molecular weight excluding hydrogens is 331 g/mol. The van der Waals surface area contributed by atoms with Crippen LogP contribution in [0.25, 0.3) is 11.5 Å². The summed E-state index contributed by atoms with van der Waals surface area (Å²) in [6, 6.07) is 5.29. The van der Waals surface area contributed by atoms with Crippen LogP contribution in [0.5, 0.6) is 5.75 Å². The summed E-state index contributed by atoms with van der Waals surface area (Å²) in [4.78, 5) is 4.28. The molecular formula is C12H13IN2O2. The number of hydrogen-bond acceptors (Lipinski definition) is 4. The van der Waals surface area contributed by atoms with Gasteiger partial charge in [-0.05, 0) is 47.2 Å². The molecule has 5 heteroatoms. The van der Waals surface area contributed by atoms with Crippen molar-refractivity contribution in [2.45, 2.75) is 26.2 Å². The highest BCUT2D eigenvalue weighted by atomic mass is 127. The first kappa shape index (κ1) is 12.3. The fraction of sp³-hybridized carbons (Fsp3) is 0.333. The quantitative estimate of drug-likeness (QED) is 0.864. The van der Waals surface area contributed by atoms with Gasteiger partial charge in [-0.25, -0.2) is 0 Å². The molecule has 0 spiro atoms. The average molecular weight is 344 g/mol. The van der Waals surface area contributed by atoms with Crippen LogP contribution in [0, 0.1) is 3.57 Å². The van der Waals surface area contributed by atoms with Crippen molar-refractivity contribution in [3.63, 3.8) is 0 Å². The van der Waals surface area contributed by atoms with E-state index in [-0.39, 0.29) is 5.75 Å². The third kappa shape index (κ3) is 2.96. The van der Waals surface area contributed by atoms with Crippen LogP contribution in [0.2, 0.25) is 0 Å². The SMILES string of the molecule is CCCCc1noc(-c2cc(I)ccc2O)n1. The fourth-order valence-electron chi connectivity index (χ4n) is 1.48. The third-order valence-corrected chi connectivity index (χ3v) is 3.08. The molecule has 0 aliphatic carbocycles. The molecule has 0 saturated heterocycles. The number of halogens is 1. The lowest BCUT2D eigenvalue weighted by Crippen LogP contribution is -1.87. The number of aromatic nitrogens is 2. The normalized spacial score (nSPS) is 10.7. The van der Waals surface area contributed by atoms with Gasteiger partial charge in [-0.15, -0.1) is 0 Å². The second-order valence-corrected chi connectivity index (χ2v) is 5.03. The van der Waals surface area contributed by atoms with Crippen LogP contribution in [0.4, 0.5) is 0 Å². The lowest BCUT2D eigenvalue weighted by atomic mass is 10.2. The molecule has 0 fully saturated rings. The number of unbranched alkanes of at least 4 members (excludes halogenated alkanes) is 1. The molecule has 0 radical (unpaired) electrons. The summed E-state index contributed by atoms with van der Waals surface area (Å²) in [5.41, 5.74) is 0.590. The van der Waals surface area contributed by atoms with Gasteiger partial charge in [-0.1, -0.05) is 18.5 Å². The second-order valence-electron chi connectivity index (χ2n) is 3.78. The number of aryl methyl sites for hydroxylation is 1. The molecule has 0 atom stereocenters. The first-order chi connectivity index (χ1) is 8.20. The highest BCUT2D eigenvalue weighted by Gasteiger charge is 2.12. The summed E-state index contributed by atoms with van der Waals surface area (Å²) in [5.74, 6) is 1.24. The molecule has 17 heavy (non-hydrogen) atoms. The van der Waals surface area contributed by atoms with Crippen LogP contribution in [-0.4, -0.2) is 15.2 Å². The molecule has 90 valence electrons. The minimum Gasteiger partial charge on any atom is -0.507 e. The van der Waals surface area contributed by atoms with E-state index < -0.39 is 0 Å². The van der Waals surface area contributed by atoms with Crippen molar-refractivity contribution < 1.29 is 9.63 Å². The van der Waals surface area contributed by atoms with Gasteiger partial charge in [0.15, 0.2) is 5.82 Å². The van der Waals surface area contributed by atoms with E-state index in [1.807, 2.05) is 12.1 Å². The standard InChI is InChI=1S/C12H13IN2O2/c1-2-3-4-11-14-12(17-15-11)9-7-8(13)5-6-10(9)16/h5-7,16H,2-4H2,1H3. The molecule has 2 aromatic rings. The topological polar surface area (TPSA) is 59.2 Å². The van der Waals surface area contributed by atoms with Crippen LogP contribution >= 0.6 is 22.6 Å². The Morgan fingerprint density at radius 2 is 2.24 bits per heavy atom. The summed E-state index contributed by atoms with van der Waals surface area (Å²) in [5, 5.41) is 13.6. The lowest BCUT2D eigenvalue weighted by molar-refractivity contribution is 0.416. The molecule has 1 aromatic carbocycles. The van der Waals surface area contributed by atoms with E-state index in [1.165, 1.54) is 0 Å². The Morgan fingerprint density at radius 3 is 3.00 bits per heavy atom. The summed E-state index contributed by atoms with van der Waals surface area (Å²) >= 11 is 2.18. The minimum atomic E-state index is 0.163. The van der Waals surface area contributed by atoms with Gasteiger partial charge in [0.1, 0.15) is 5.75 Å². The Kier molecular flexibility index (Phi) is 3.98. The first-order valence-corrected chi connectivity index (χ1v) is 6.60. The zero-order valence-electron chi connectivity index (χ0n) is 9.48. The minimum absolute atomic E-state index is 0.163. The Hall–Kier alpha value is -1.11. The first-order valence-electron chi connectivity index (χ1n) is 5.52. The lowest BCUT2D eigenvalue weighted by Gasteiger charge is -1.99. The number of nitrogens with zero attached hydrogens (tertiary/aromatic N) is 2. The van der Waals surface area contributed by atoms with Gasteiger partial charge >= 0.3 is 0 Å². The predicted molar refractivity (Wildman–Crippen MR) is 72.7 cm³/mol. The van der Waals surface area contributed by atoms with Crippen LogP contribution in [0.3, 0.4) is 0 Å². The van der Waals surface area contributed by atoms with Crippen molar-refractivity contribution >= 4 is 22.6 Å². The second kappa shape index (κ2) is 5.48. The van der Waals surface area contributed by atoms with E-state index in [0.717, 1.165) is 22.8 Å². The van der Waals surface area contributed by atoms with E-state index in [2.05, 4.69) is 39.7 Å². The summed E-state index contributed by atoms with van der Waals surface area (Å²) in [7, 11) is 0. The van der Waals surface area contributed by atoms with E-state index in [0.29, 0.717) is 17.3 Å². The van der Waals surface area contributed by atoms with Crippen molar-refractivity contribution in [1.82, 2.24) is 10.1 Å². The van der Waals surface area contributed by atoms with Crippen LogP contribution < -0.4 is 0 Å². The van der Waals surface area contributed by atoms with Gasteiger partial charge < -0.3 is 9.63 Å². The Labute approximate surface area is 113 Å². The van der Waals surface area contributed by atoms with Gasteiger partial charge in [0.05, 0.1) is 5.56 Å². The Morgan fingerprint density at radius 1 is 1.41 bits per heavy atom. The fourth-order valence-corrected chi connectivity index (χ4v) is 1.97. The van der Waals surface area contributed by atoms with Crippen LogP contribution in [0.1, 0.15) is 25.6 Å². The van der Waals surface area contributed by atoms with Gasteiger partial charge in [0, 0.05) is 9.99 Å². The zero-order valence-corrected chi connectivity index (χ0v) is 11.6. The molecule has 1 heterocycles. The van der Waals surface area contributed by atoms with Crippen molar-refractivity contribution in [2.24, 2.45) is 0 Å². The van der Waals surface area contributed by atoms with Gasteiger partial charge in [0.2, 0.25) is 0 Å². The molecule has 0 aliphatic heterocycles. The molecule has 0 aliphatic rings. The molecule has 2 rings (SSSR count). The highest BCUT2D eigenvalue weighted by Crippen LogP contribution is 2.29. The molecule has 0 bridgehead atoms. The van der Waals surface area contributed by atoms with E-state index in [4.69, 9.17) is 4.52 Å². The maximum absolute atomic E-state index is 9.74.